The van der Waals surface area contributed by atoms with Crippen LogP contribution in [0, 0.1) is 19.1 Å². The summed E-state index contributed by atoms with van der Waals surface area (Å²) in [6.45, 7) is 27.3. The first-order valence-corrected chi connectivity index (χ1v) is 54.1. The van der Waals surface area contributed by atoms with Crippen LogP contribution >= 0.6 is 0 Å². The van der Waals surface area contributed by atoms with Gasteiger partial charge >= 0.3 is 11.9 Å². The molecule has 2 heterocycles. The number of rotatable bonds is 67. The second-order valence-electron chi connectivity index (χ2n) is 38.9. The van der Waals surface area contributed by atoms with Crippen LogP contribution in [-0.2, 0) is 51.0 Å². The molecule has 0 aliphatic heterocycles. The predicted molar refractivity (Wildman–Crippen MR) is 582 cm³/mol. The number of ether oxygens (including phenoxy) is 4. The third-order valence-electron chi connectivity index (χ3n) is 28.4. The molecule has 8 nitrogen and oxygen atoms in total. The Morgan fingerprint density at radius 2 is 0.601 bits per heavy atom. The average molecular weight is 2040 g/mol. The Morgan fingerprint density at radius 3 is 0.957 bits per heavy atom. The molecule has 8 aromatic carbocycles. The molecule has 0 atom stereocenters. The van der Waals surface area contributed by atoms with Gasteiger partial charge in [-0.3, -0.25) is 9.59 Å². The van der Waals surface area contributed by atoms with Crippen molar-refractivity contribution in [2.75, 3.05) is 13.2 Å². The Kier molecular flexibility index (Phi) is 52.9. The number of carbonyl (C=O) groups excluding carboxylic acids is 2. The normalized spacial score (nSPS) is 12.2. The summed E-state index contributed by atoms with van der Waals surface area (Å²) in [6.07, 6.45) is 71.1. The van der Waals surface area contributed by atoms with Gasteiger partial charge in [0.25, 0.3) is 0 Å². The molecule has 0 bridgehead atoms. The van der Waals surface area contributed by atoms with E-state index < -0.39 is 6.10 Å². The van der Waals surface area contributed by atoms with E-state index in [-0.39, 0.29) is 49.9 Å². The average Bonchev–Trinajstić information content (AvgIpc) is 1.57. The van der Waals surface area contributed by atoms with E-state index in [1.807, 2.05) is 36.7 Å². The minimum absolute atomic E-state index is 0. The number of fused-ring (bicyclic) bond motifs is 6. The van der Waals surface area contributed by atoms with Crippen molar-refractivity contribution in [1.82, 2.24) is 9.97 Å². The van der Waals surface area contributed by atoms with Gasteiger partial charge in [0.05, 0.1) is 13.2 Å². The molecule has 138 heavy (non-hydrogen) atoms. The predicted octanol–water partition coefficient (Wildman–Crippen LogP) is 37.5. The van der Waals surface area contributed by atoms with E-state index in [0.717, 1.165) is 118 Å². The van der Waals surface area contributed by atoms with Gasteiger partial charge in [-0.1, -0.05) is 478 Å². The molecule has 2 aliphatic carbocycles. The van der Waals surface area contributed by atoms with E-state index in [9.17, 15) is 9.59 Å². The summed E-state index contributed by atoms with van der Waals surface area (Å²) in [5.41, 5.74) is 24.7. The number of aryl methyl sites for hydroxylation is 1. The van der Waals surface area contributed by atoms with Crippen molar-refractivity contribution in [1.29, 1.82) is 0 Å². The van der Waals surface area contributed by atoms with Crippen LogP contribution in [0.5, 0.6) is 11.5 Å². The summed E-state index contributed by atoms with van der Waals surface area (Å²) in [5.74, 6) is 1.47. The summed E-state index contributed by atoms with van der Waals surface area (Å²) in [5, 5.41) is 0. The Bertz CT molecular complexity index is 5020. The maximum Gasteiger partial charge on any atom is 0.306 e. The molecule has 0 radical (unpaired) electrons. The Labute approximate surface area is 850 Å². The molecular formula is C129H168N2O6Pt-2. The van der Waals surface area contributed by atoms with Crippen LogP contribution in [0.15, 0.2) is 263 Å². The zero-order valence-corrected chi connectivity index (χ0v) is 87.7. The second-order valence-corrected chi connectivity index (χ2v) is 38.9. The molecule has 0 unspecified atom stereocenters. The molecule has 10 aromatic rings. The van der Waals surface area contributed by atoms with E-state index >= 15 is 0 Å². The maximum atomic E-state index is 12.0. The third kappa shape index (κ3) is 36.7. The van der Waals surface area contributed by atoms with Gasteiger partial charge in [-0.2, -0.15) is 0 Å². The van der Waals surface area contributed by atoms with Crippen LogP contribution < -0.4 is 9.47 Å². The molecule has 0 spiro atoms. The molecule has 2 aromatic heterocycles. The van der Waals surface area contributed by atoms with Crippen molar-refractivity contribution in [3.8, 4) is 89.6 Å². The van der Waals surface area contributed by atoms with E-state index in [1.54, 1.807) is 29.9 Å². The zero-order valence-electron chi connectivity index (χ0n) is 85.4. The van der Waals surface area contributed by atoms with Crippen LogP contribution in [0.2, 0.25) is 0 Å². The SMILES string of the molecule is C=CC(C=C)OC(=O)CCCCCCCCOc1ccc(-c2ccc(-c3ccc4c(c3)C(CCCCCCCCCC)(CCCCCCCCCC)c3cc(-c5ccccn5)[c-]cc3-4)cc2)cc1.C=CC(C=C)OC(=O)CCCCCCCCOc1ccc(-c2ccc(C)cc2)cc1.CCCCCCCCCCC1(CCCCCCCCCC)c2ccccc2-c2c[c-]c(-c3ccccn3)cc21.[Pt]. The summed E-state index contributed by atoms with van der Waals surface area (Å²) in [6, 6.07) is 80.4. The van der Waals surface area contributed by atoms with Crippen LogP contribution in [0.4, 0.5) is 0 Å². The van der Waals surface area contributed by atoms with Crippen molar-refractivity contribution in [2.45, 2.75) is 379 Å². The molecule has 742 valence electrons. The van der Waals surface area contributed by atoms with Gasteiger partial charge in [-0.05, 0) is 175 Å². The number of benzene rings is 8. The first-order valence-electron chi connectivity index (χ1n) is 54.1. The van der Waals surface area contributed by atoms with Gasteiger partial charge in [0, 0.05) is 57.1 Å². The molecule has 0 N–H and O–H groups in total. The molecule has 12 rings (SSSR count). The van der Waals surface area contributed by atoms with Crippen molar-refractivity contribution >= 4 is 11.9 Å². The fourth-order valence-electron chi connectivity index (χ4n) is 20.3. The zero-order chi connectivity index (χ0) is 96.4. The van der Waals surface area contributed by atoms with Gasteiger partial charge in [-0.25, -0.2) is 0 Å². The number of carbonyl (C=O) groups is 2. The summed E-state index contributed by atoms with van der Waals surface area (Å²) in [4.78, 5) is 33.1. The largest absolute Gasteiger partial charge is 0.494 e. The second kappa shape index (κ2) is 65.3. The Hall–Kier alpha value is -9.75. The van der Waals surface area contributed by atoms with E-state index in [2.05, 4.69) is 254 Å². The summed E-state index contributed by atoms with van der Waals surface area (Å²) >= 11 is 0. The standard InChI is InChI=1S/C64H82NO3.C38H52N.C27H34O3.Pt/c1-5-9-11-13-15-18-22-27-45-64(46-28-23-19-16-14-12-10-6-2)60-49-54(39-43-58(60)59-44-40-55(50-61(59)64)62-31-26-29-47-65-62)53-35-33-51(34-36-53)52-37-41-57(42-38-52)67-48-30-24-20-17-21-25-32-63(66)68-56(7-3)8-4;1-3-5-7-9-11-13-15-20-28-38(29-21-16-14-12-10-8-6-4-2)35-24-18-17-23-33(35)34-27-26-32(31-36(34)38)37-25-19-22-30-39-37;1-4-25(5-2)30-27(28)12-10-8-6-7-9-11-21-29-26-19-17-24(18-20-26)23-15-13-22(3)14-16-23;/h7-8,26,29,31,33-39,41-44,47,49-50,56H,3-6,9-25,27-28,30,32,45-46,48H2,1-2H3;17-19,22-25,27,30-31H,3-16,20-21,28-29H2,1-2H3;4-5,13-20,25H,1-2,6-12,21H2,3H3;/q2*-1;;. The molecule has 0 amide bonds. The van der Waals surface area contributed by atoms with Crippen LogP contribution in [0.25, 0.3) is 78.1 Å². The van der Waals surface area contributed by atoms with Crippen molar-refractivity contribution < 1.29 is 49.6 Å². The number of esters is 2. The van der Waals surface area contributed by atoms with Gasteiger partial charge < -0.3 is 28.9 Å². The first-order chi connectivity index (χ1) is 67.4. The summed E-state index contributed by atoms with van der Waals surface area (Å²) < 4.78 is 22.5. The number of hydrogen-bond donors (Lipinski definition) is 0. The van der Waals surface area contributed by atoms with E-state index in [0.29, 0.717) is 19.4 Å². The summed E-state index contributed by atoms with van der Waals surface area (Å²) in [7, 11) is 0. The van der Waals surface area contributed by atoms with E-state index in [1.165, 1.54) is 309 Å². The van der Waals surface area contributed by atoms with Crippen molar-refractivity contribution in [3.63, 3.8) is 0 Å². The topological polar surface area (TPSA) is 96.8 Å². The Morgan fingerprint density at radius 1 is 0.312 bits per heavy atom. The smallest absolute Gasteiger partial charge is 0.306 e. The van der Waals surface area contributed by atoms with Crippen LogP contribution in [-0.4, -0.2) is 47.3 Å². The molecule has 0 saturated carbocycles. The maximum absolute atomic E-state index is 12.0. The number of aromatic nitrogens is 2. The van der Waals surface area contributed by atoms with Gasteiger partial charge in [0.15, 0.2) is 0 Å². The fraction of sp³-hybridized carbons (Fsp3) is 0.473. The molecule has 2 aliphatic rings. The monoisotopic (exact) mass is 2040 g/mol. The molecule has 9 heteroatoms. The number of nitrogens with zero attached hydrogens (tertiary/aromatic N) is 2. The number of hydrogen-bond acceptors (Lipinski definition) is 8. The number of pyridine rings is 2. The minimum Gasteiger partial charge on any atom is -0.494 e. The minimum atomic E-state index is -0.398. The quantitative estimate of drug-likeness (QED) is 0.0161. The molecule has 0 saturated heterocycles. The van der Waals surface area contributed by atoms with Crippen molar-refractivity contribution in [3.05, 3.63) is 303 Å². The van der Waals surface area contributed by atoms with Crippen molar-refractivity contribution in [2.24, 2.45) is 0 Å². The van der Waals surface area contributed by atoms with Crippen LogP contribution in [0.3, 0.4) is 0 Å². The van der Waals surface area contributed by atoms with Gasteiger partial charge in [-0.15, -0.1) is 58.7 Å². The van der Waals surface area contributed by atoms with Gasteiger partial charge in [0.1, 0.15) is 23.7 Å². The van der Waals surface area contributed by atoms with Crippen LogP contribution in [0.1, 0.15) is 377 Å². The molecule has 0 fully saturated rings. The van der Waals surface area contributed by atoms with E-state index in [4.69, 9.17) is 23.9 Å². The fourth-order valence-corrected chi connectivity index (χ4v) is 20.3. The number of unbranched alkanes of at least 4 members (excludes halogenated alkanes) is 38. The molecular weight excluding hydrogens is 1870 g/mol. The Balaban J connectivity index is 0.000000256. The third-order valence-corrected chi connectivity index (χ3v) is 28.4. The first kappa shape index (κ1) is 112. The van der Waals surface area contributed by atoms with Gasteiger partial charge in [0.2, 0.25) is 0 Å².